The van der Waals surface area contributed by atoms with Crippen LogP contribution >= 0.6 is 0 Å². The average Bonchev–Trinajstić information content (AvgIpc) is 2.37. The lowest BCUT2D eigenvalue weighted by molar-refractivity contribution is 0.0835. The third-order valence-corrected chi connectivity index (χ3v) is 3.77. The number of nitrogens with zero attached hydrogens (tertiary/aromatic N) is 1. The summed E-state index contributed by atoms with van der Waals surface area (Å²) in [5.74, 6) is 0. The van der Waals surface area contributed by atoms with Crippen LogP contribution in [0.4, 0.5) is 4.79 Å². The molecule has 4 heteroatoms. The Labute approximate surface area is 120 Å². The van der Waals surface area contributed by atoms with Gasteiger partial charge in [-0.2, -0.15) is 0 Å². The van der Waals surface area contributed by atoms with E-state index in [4.69, 9.17) is 0 Å². The van der Waals surface area contributed by atoms with E-state index in [1.165, 1.54) is 11.1 Å². The van der Waals surface area contributed by atoms with E-state index in [1.54, 1.807) is 4.90 Å². The maximum absolute atomic E-state index is 12.2. The van der Waals surface area contributed by atoms with E-state index in [-0.39, 0.29) is 18.2 Å². The SMILES string of the molecule is Cc1cc(C)cc(C(C)NC(=O)N2CCCC(O)C2)c1. The molecule has 2 rings (SSSR count). The Morgan fingerprint density at radius 1 is 1.35 bits per heavy atom. The Hall–Kier alpha value is -1.55. The summed E-state index contributed by atoms with van der Waals surface area (Å²) in [5, 5.41) is 12.6. The predicted octanol–water partition coefficient (Wildman–Crippen LogP) is 2.53. The lowest BCUT2D eigenvalue weighted by atomic mass is 10.0. The lowest BCUT2D eigenvalue weighted by Gasteiger charge is -2.31. The number of piperidine rings is 1. The van der Waals surface area contributed by atoms with Crippen molar-refractivity contribution in [3.8, 4) is 0 Å². The lowest BCUT2D eigenvalue weighted by Crippen LogP contribution is -2.47. The molecule has 1 saturated heterocycles. The van der Waals surface area contributed by atoms with Crippen LogP contribution in [-0.4, -0.2) is 35.2 Å². The van der Waals surface area contributed by atoms with E-state index in [0.29, 0.717) is 6.54 Å². The molecule has 0 radical (unpaired) electrons. The molecule has 20 heavy (non-hydrogen) atoms. The molecular formula is C16H24N2O2. The number of benzene rings is 1. The van der Waals surface area contributed by atoms with Gasteiger partial charge in [0.05, 0.1) is 12.1 Å². The van der Waals surface area contributed by atoms with Crippen LogP contribution < -0.4 is 5.32 Å². The number of β-amino-alcohol motifs (C(OH)–C–C–N with tert-alkyl or cyclic N) is 1. The first kappa shape index (κ1) is 14.9. The monoisotopic (exact) mass is 276 g/mol. The zero-order valence-corrected chi connectivity index (χ0v) is 12.5. The molecule has 1 aliphatic rings. The van der Waals surface area contributed by atoms with Gasteiger partial charge in [0, 0.05) is 13.1 Å². The summed E-state index contributed by atoms with van der Waals surface area (Å²) in [5.41, 5.74) is 3.53. The smallest absolute Gasteiger partial charge is 0.317 e. The number of hydrogen-bond donors (Lipinski definition) is 2. The van der Waals surface area contributed by atoms with Crippen molar-refractivity contribution in [1.29, 1.82) is 0 Å². The fraction of sp³-hybridized carbons (Fsp3) is 0.562. The first-order valence-corrected chi connectivity index (χ1v) is 7.27. The van der Waals surface area contributed by atoms with Crippen molar-refractivity contribution in [2.24, 2.45) is 0 Å². The molecule has 0 bridgehead atoms. The molecule has 2 N–H and O–H groups in total. The highest BCUT2D eigenvalue weighted by atomic mass is 16.3. The van der Waals surface area contributed by atoms with Crippen molar-refractivity contribution in [2.75, 3.05) is 13.1 Å². The molecular weight excluding hydrogens is 252 g/mol. The van der Waals surface area contributed by atoms with Gasteiger partial charge in [-0.25, -0.2) is 4.79 Å². The number of carbonyl (C=O) groups is 1. The highest BCUT2D eigenvalue weighted by Gasteiger charge is 2.23. The summed E-state index contributed by atoms with van der Waals surface area (Å²) in [4.78, 5) is 13.9. The second kappa shape index (κ2) is 6.27. The fourth-order valence-corrected chi connectivity index (χ4v) is 2.76. The summed E-state index contributed by atoms with van der Waals surface area (Å²) < 4.78 is 0. The number of aliphatic hydroxyl groups excluding tert-OH is 1. The molecule has 2 unspecified atom stereocenters. The first-order chi connectivity index (χ1) is 9.45. The standard InChI is InChI=1S/C16H24N2O2/c1-11-7-12(2)9-14(8-11)13(3)17-16(20)18-6-4-5-15(19)10-18/h7-9,13,15,19H,4-6,10H2,1-3H3,(H,17,20). The number of carbonyl (C=O) groups excluding carboxylic acids is 1. The van der Waals surface area contributed by atoms with Gasteiger partial charge in [0.2, 0.25) is 0 Å². The summed E-state index contributed by atoms with van der Waals surface area (Å²) in [6.45, 7) is 7.28. The third kappa shape index (κ3) is 3.73. The molecule has 110 valence electrons. The number of rotatable bonds is 2. The molecule has 1 aliphatic heterocycles. The van der Waals surface area contributed by atoms with Gasteiger partial charge in [-0.15, -0.1) is 0 Å². The summed E-state index contributed by atoms with van der Waals surface area (Å²) in [6, 6.07) is 6.21. The highest BCUT2D eigenvalue weighted by molar-refractivity contribution is 5.74. The van der Waals surface area contributed by atoms with Crippen LogP contribution in [0.25, 0.3) is 0 Å². The minimum atomic E-state index is -0.383. The van der Waals surface area contributed by atoms with E-state index in [0.717, 1.165) is 24.9 Å². The van der Waals surface area contributed by atoms with Gasteiger partial charge in [0.25, 0.3) is 0 Å². The Bertz CT molecular complexity index is 467. The van der Waals surface area contributed by atoms with Crippen molar-refractivity contribution < 1.29 is 9.90 Å². The number of aliphatic hydroxyl groups is 1. The molecule has 0 spiro atoms. The van der Waals surface area contributed by atoms with Crippen molar-refractivity contribution in [1.82, 2.24) is 10.2 Å². The van der Waals surface area contributed by atoms with Crippen molar-refractivity contribution in [3.63, 3.8) is 0 Å². The van der Waals surface area contributed by atoms with E-state index in [9.17, 15) is 9.90 Å². The zero-order chi connectivity index (χ0) is 14.7. The molecule has 4 nitrogen and oxygen atoms in total. The van der Waals surface area contributed by atoms with Gasteiger partial charge in [-0.05, 0) is 39.2 Å². The van der Waals surface area contributed by atoms with Crippen molar-refractivity contribution in [2.45, 2.75) is 45.8 Å². The zero-order valence-electron chi connectivity index (χ0n) is 12.5. The van der Waals surface area contributed by atoms with E-state index < -0.39 is 0 Å². The number of nitrogens with one attached hydrogen (secondary N) is 1. The minimum Gasteiger partial charge on any atom is -0.391 e. The third-order valence-electron chi connectivity index (χ3n) is 3.77. The molecule has 0 aliphatic carbocycles. The van der Waals surface area contributed by atoms with E-state index in [2.05, 4.69) is 37.4 Å². The Balaban J connectivity index is 1.99. The number of likely N-dealkylation sites (tertiary alicyclic amines) is 1. The number of hydrogen-bond acceptors (Lipinski definition) is 2. The first-order valence-electron chi connectivity index (χ1n) is 7.27. The van der Waals surface area contributed by atoms with Crippen LogP contribution in [0, 0.1) is 13.8 Å². The maximum Gasteiger partial charge on any atom is 0.317 e. The van der Waals surface area contributed by atoms with Crippen LogP contribution in [0.15, 0.2) is 18.2 Å². The normalized spacial score (nSPS) is 20.6. The van der Waals surface area contributed by atoms with Crippen molar-refractivity contribution >= 4 is 6.03 Å². The molecule has 1 aromatic rings. The predicted molar refractivity (Wildman–Crippen MR) is 79.7 cm³/mol. The largest absolute Gasteiger partial charge is 0.391 e. The molecule has 1 fully saturated rings. The van der Waals surface area contributed by atoms with Crippen LogP contribution in [0.3, 0.4) is 0 Å². The fourth-order valence-electron chi connectivity index (χ4n) is 2.76. The van der Waals surface area contributed by atoms with Gasteiger partial charge < -0.3 is 15.3 Å². The van der Waals surface area contributed by atoms with Crippen LogP contribution in [-0.2, 0) is 0 Å². The Morgan fingerprint density at radius 3 is 2.60 bits per heavy atom. The minimum absolute atomic E-state index is 0.0276. The number of amides is 2. The Morgan fingerprint density at radius 2 is 2.00 bits per heavy atom. The molecule has 2 atom stereocenters. The average molecular weight is 276 g/mol. The summed E-state index contributed by atoms with van der Waals surface area (Å²) in [7, 11) is 0. The van der Waals surface area contributed by atoms with Gasteiger partial charge in [-0.3, -0.25) is 0 Å². The number of urea groups is 1. The quantitative estimate of drug-likeness (QED) is 0.872. The van der Waals surface area contributed by atoms with Gasteiger partial charge in [0.1, 0.15) is 0 Å². The topological polar surface area (TPSA) is 52.6 Å². The Kier molecular flexibility index (Phi) is 4.65. The molecule has 1 heterocycles. The molecule has 1 aromatic carbocycles. The maximum atomic E-state index is 12.2. The summed E-state index contributed by atoms with van der Waals surface area (Å²) >= 11 is 0. The van der Waals surface area contributed by atoms with Gasteiger partial charge in [-0.1, -0.05) is 29.3 Å². The van der Waals surface area contributed by atoms with Gasteiger partial charge in [0.15, 0.2) is 0 Å². The summed E-state index contributed by atoms with van der Waals surface area (Å²) in [6.07, 6.45) is 1.27. The van der Waals surface area contributed by atoms with E-state index >= 15 is 0 Å². The van der Waals surface area contributed by atoms with Gasteiger partial charge >= 0.3 is 6.03 Å². The van der Waals surface area contributed by atoms with E-state index in [1.807, 2.05) is 6.92 Å². The molecule has 0 saturated carbocycles. The van der Waals surface area contributed by atoms with Crippen LogP contribution in [0.1, 0.15) is 42.5 Å². The molecule has 2 amide bonds. The number of aryl methyl sites for hydroxylation is 2. The second-order valence-electron chi connectivity index (χ2n) is 5.83. The van der Waals surface area contributed by atoms with Crippen molar-refractivity contribution in [3.05, 3.63) is 34.9 Å². The van der Waals surface area contributed by atoms with Crippen LogP contribution in [0.2, 0.25) is 0 Å². The second-order valence-corrected chi connectivity index (χ2v) is 5.83. The molecule has 0 aromatic heterocycles. The highest BCUT2D eigenvalue weighted by Crippen LogP contribution is 2.17. The van der Waals surface area contributed by atoms with Crippen LogP contribution in [0.5, 0.6) is 0 Å².